The van der Waals surface area contributed by atoms with E-state index < -0.39 is 23.4 Å². The molecule has 0 spiro atoms. The minimum Gasteiger partial charge on any atom is -0.464 e. The first-order chi connectivity index (χ1) is 12.5. The number of amides is 1. The van der Waals surface area contributed by atoms with E-state index in [9.17, 15) is 14.4 Å². The van der Waals surface area contributed by atoms with Gasteiger partial charge >= 0.3 is 11.9 Å². The lowest BCUT2D eigenvalue weighted by molar-refractivity contribution is -0.168. The SMILES string of the molecule is CC.CC.CCOC(=O)C(Cc1ccccc1)(NC(C)=O)C(=O)OCC. The second kappa shape index (κ2) is 14.9. The summed E-state index contributed by atoms with van der Waals surface area (Å²) in [7, 11) is 0. The Morgan fingerprint density at radius 1 is 0.885 bits per heavy atom. The van der Waals surface area contributed by atoms with Gasteiger partial charge in [0.15, 0.2) is 0 Å². The van der Waals surface area contributed by atoms with Crippen molar-refractivity contribution >= 4 is 17.8 Å². The Balaban J connectivity index is 0. The molecular weight excluding hydrogens is 334 g/mol. The molecule has 1 aromatic rings. The zero-order valence-corrected chi connectivity index (χ0v) is 17.0. The fraction of sp³-hybridized carbons (Fsp3) is 0.550. The third-order valence-electron chi connectivity index (χ3n) is 2.95. The molecule has 0 aromatic heterocycles. The van der Waals surface area contributed by atoms with Crippen molar-refractivity contribution in [2.75, 3.05) is 13.2 Å². The topological polar surface area (TPSA) is 81.7 Å². The number of esters is 2. The molecule has 1 N–H and O–H groups in total. The van der Waals surface area contributed by atoms with Crippen molar-refractivity contribution in [2.24, 2.45) is 0 Å². The zero-order valence-electron chi connectivity index (χ0n) is 17.0. The fourth-order valence-corrected chi connectivity index (χ4v) is 2.09. The van der Waals surface area contributed by atoms with Crippen molar-refractivity contribution < 1.29 is 23.9 Å². The van der Waals surface area contributed by atoms with Crippen LogP contribution >= 0.6 is 0 Å². The Morgan fingerprint density at radius 3 is 1.65 bits per heavy atom. The van der Waals surface area contributed by atoms with E-state index in [1.807, 2.05) is 33.8 Å². The molecular formula is C20H33NO5. The number of hydrogen-bond donors (Lipinski definition) is 1. The third-order valence-corrected chi connectivity index (χ3v) is 2.95. The van der Waals surface area contributed by atoms with Crippen molar-refractivity contribution in [1.29, 1.82) is 0 Å². The number of benzene rings is 1. The number of rotatable bonds is 7. The Morgan fingerprint density at radius 2 is 1.31 bits per heavy atom. The van der Waals surface area contributed by atoms with Crippen molar-refractivity contribution in [3.8, 4) is 0 Å². The van der Waals surface area contributed by atoms with E-state index >= 15 is 0 Å². The van der Waals surface area contributed by atoms with Crippen LogP contribution in [0.5, 0.6) is 0 Å². The molecule has 1 aromatic carbocycles. The number of nitrogens with one attached hydrogen (secondary N) is 1. The summed E-state index contributed by atoms with van der Waals surface area (Å²) >= 11 is 0. The van der Waals surface area contributed by atoms with Gasteiger partial charge in [-0.25, -0.2) is 9.59 Å². The van der Waals surface area contributed by atoms with Crippen molar-refractivity contribution in [2.45, 2.75) is 60.4 Å². The predicted octanol–water partition coefficient (Wildman–Crippen LogP) is 3.28. The Hall–Kier alpha value is -2.37. The van der Waals surface area contributed by atoms with Crippen LogP contribution in [-0.4, -0.2) is 36.6 Å². The molecule has 0 saturated carbocycles. The first kappa shape index (κ1) is 25.9. The van der Waals surface area contributed by atoms with Gasteiger partial charge in [0, 0.05) is 13.3 Å². The van der Waals surface area contributed by atoms with Gasteiger partial charge in [0.05, 0.1) is 13.2 Å². The first-order valence-corrected chi connectivity index (χ1v) is 9.13. The van der Waals surface area contributed by atoms with E-state index in [1.165, 1.54) is 6.92 Å². The molecule has 0 fully saturated rings. The highest BCUT2D eigenvalue weighted by atomic mass is 16.6. The predicted molar refractivity (Wildman–Crippen MR) is 103 cm³/mol. The maximum atomic E-state index is 12.4. The third kappa shape index (κ3) is 8.14. The van der Waals surface area contributed by atoms with E-state index in [0.29, 0.717) is 5.56 Å². The summed E-state index contributed by atoms with van der Waals surface area (Å²) in [6, 6.07) is 8.90. The highest BCUT2D eigenvalue weighted by Crippen LogP contribution is 2.18. The summed E-state index contributed by atoms with van der Waals surface area (Å²) < 4.78 is 9.99. The lowest BCUT2D eigenvalue weighted by Gasteiger charge is -2.29. The lowest BCUT2D eigenvalue weighted by atomic mass is 9.90. The van der Waals surface area contributed by atoms with E-state index in [4.69, 9.17) is 9.47 Å². The minimum atomic E-state index is -1.88. The molecule has 1 amide bonds. The molecule has 0 aliphatic carbocycles. The molecule has 0 aliphatic rings. The van der Waals surface area contributed by atoms with Gasteiger partial charge in [-0.2, -0.15) is 0 Å². The summed E-state index contributed by atoms with van der Waals surface area (Å²) in [4.78, 5) is 36.3. The average molecular weight is 367 g/mol. The van der Waals surface area contributed by atoms with Crippen LogP contribution in [0.25, 0.3) is 0 Å². The molecule has 0 unspecified atom stereocenters. The summed E-state index contributed by atoms with van der Waals surface area (Å²) in [6.07, 6.45) is -0.0366. The first-order valence-electron chi connectivity index (χ1n) is 9.13. The van der Waals surface area contributed by atoms with Crippen molar-refractivity contribution in [3.05, 3.63) is 35.9 Å². The molecule has 6 nitrogen and oxygen atoms in total. The van der Waals surface area contributed by atoms with Gasteiger partial charge in [0.1, 0.15) is 0 Å². The Bertz CT molecular complexity index is 510. The molecule has 26 heavy (non-hydrogen) atoms. The molecule has 0 aliphatic heterocycles. The molecule has 0 atom stereocenters. The van der Waals surface area contributed by atoms with Gasteiger partial charge < -0.3 is 14.8 Å². The van der Waals surface area contributed by atoms with E-state index in [0.717, 1.165) is 0 Å². The van der Waals surface area contributed by atoms with Crippen LogP contribution in [0.3, 0.4) is 0 Å². The standard InChI is InChI=1S/C16H21NO5.2C2H6/c1-4-21-14(19)16(17-12(3)18,15(20)22-5-2)11-13-9-7-6-8-10-13;2*1-2/h6-10H,4-5,11H2,1-3H3,(H,17,18);2*1-2H3. The van der Waals surface area contributed by atoms with Gasteiger partial charge in [-0.15, -0.1) is 0 Å². The zero-order chi connectivity index (χ0) is 20.6. The number of carbonyl (C=O) groups is 3. The summed E-state index contributed by atoms with van der Waals surface area (Å²) in [5, 5.41) is 2.42. The largest absolute Gasteiger partial charge is 0.464 e. The van der Waals surface area contributed by atoms with E-state index in [2.05, 4.69) is 5.32 Å². The Labute approximate surface area is 157 Å². The molecule has 0 radical (unpaired) electrons. The summed E-state index contributed by atoms with van der Waals surface area (Å²) in [5.74, 6) is -2.17. The second-order valence-corrected chi connectivity index (χ2v) is 4.69. The fourth-order valence-electron chi connectivity index (χ4n) is 2.09. The molecule has 1 rings (SSSR count). The second-order valence-electron chi connectivity index (χ2n) is 4.69. The smallest absolute Gasteiger partial charge is 0.344 e. The van der Waals surface area contributed by atoms with Gasteiger partial charge in [-0.1, -0.05) is 58.0 Å². The normalized spacial score (nSPS) is 9.50. The molecule has 0 heterocycles. The van der Waals surface area contributed by atoms with Crippen molar-refractivity contribution in [3.63, 3.8) is 0 Å². The number of carbonyl (C=O) groups excluding carboxylic acids is 3. The summed E-state index contributed by atoms with van der Waals surface area (Å²) in [5.41, 5.74) is -1.17. The number of ether oxygens (including phenoxy) is 2. The molecule has 6 heteroatoms. The van der Waals surface area contributed by atoms with Crippen LogP contribution in [0, 0.1) is 0 Å². The van der Waals surface area contributed by atoms with Gasteiger partial charge in [-0.3, -0.25) is 4.79 Å². The van der Waals surface area contributed by atoms with Crippen LogP contribution < -0.4 is 5.32 Å². The Kier molecular flexibility index (Phi) is 14.9. The van der Waals surface area contributed by atoms with Crippen LogP contribution in [0.15, 0.2) is 30.3 Å². The van der Waals surface area contributed by atoms with E-state index in [-0.39, 0.29) is 19.6 Å². The highest BCUT2D eigenvalue weighted by molar-refractivity contribution is 6.08. The van der Waals surface area contributed by atoms with Crippen LogP contribution in [0.4, 0.5) is 0 Å². The van der Waals surface area contributed by atoms with Gasteiger partial charge in [0.2, 0.25) is 11.4 Å². The van der Waals surface area contributed by atoms with Crippen LogP contribution in [0.2, 0.25) is 0 Å². The highest BCUT2D eigenvalue weighted by Gasteiger charge is 2.50. The maximum Gasteiger partial charge on any atom is 0.344 e. The maximum absolute atomic E-state index is 12.4. The minimum absolute atomic E-state index is 0.0366. The van der Waals surface area contributed by atoms with E-state index in [1.54, 1.807) is 38.1 Å². The molecule has 0 bridgehead atoms. The van der Waals surface area contributed by atoms with Crippen molar-refractivity contribution in [1.82, 2.24) is 5.32 Å². The molecule has 148 valence electrons. The average Bonchev–Trinajstić information content (AvgIpc) is 2.65. The summed E-state index contributed by atoms with van der Waals surface area (Å²) in [6.45, 7) is 12.7. The quantitative estimate of drug-likeness (QED) is 0.591. The van der Waals surface area contributed by atoms with Gasteiger partial charge in [0.25, 0.3) is 0 Å². The lowest BCUT2D eigenvalue weighted by Crippen LogP contribution is -2.62. The number of hydrogen-bond acceptors (Lipinski definition) is 5. The van der Waals surface area contributed by atoms with Crippen LogP contribution in [-0.2, 0) is 30.3 Å². The monoisotopic (exact) mass is 367 g/mol. The van der Waals surface area contributed by atoms with Gasteiger partial charge in [-0.05, 0) is 19.4 Å². The van der Waals surface area contributed by atoms with Crippen LogP contribution in [0.1, 0.15) is 54.0 Å². The molecule has 0 saturated heterocycles.